The molecule has 3 rings (SSSR count). The molecular formula is C16H11N2OW+. The van der Waals surface area contributed by atoms with Gasteiger partial charge in [0.05, 0.1) is 0 Å². The van der Waals surface area contributed by atoms with E-state index >= 15 is 0 Å². The molecule has 3 nitrogen and oxygen atoms in total. The van der Waals surface area contributed by atoms with Crippen LogP contribution in [0.1, 0.15) is 0 Å². The van der Waals surface area contributed by atoms with Gasteiger partial charge in [-0.1, -0.05) is 36.5 Å². The summed E-state index contributed by atoms with van der Waals surface area (Å²) in [7, 11) is 0. The molecule has 1 aromatic carbocycles. The van der Waals surface area contributed by atoms with Crippen molar-refractivity contribution in [1.82, 2.24) is 9.55 Å². The van der Waals surface area contributed by atoms with Crippen molar-refractivity contribution in [3.63, 3.8) is 0 Å². The third-order valence-electron chi connectivity index (χ3n) is 2.83. The van der Waals surface area contributed by atoms with E-state index < -0.39 is 0 Å². The molecule has 4 heteroatoms. The molecule has 3 aromatic rings. The van der Waals surface area contributed by atoms with E-state index in [0.29, 0.717) is 0 Å². The monoisotopic (exact) mass is 431 g/mol. The van der Waals surface area contributed by atoms with Gasteiger partial charge in [0.1, 0.15) is 0 Å². The van der Waals surface area contributed by atoms with Crippen molar-refractivity contribution < 1.29 is 21.1 Å². The molecule has 2 aromatic heterocycles. The minimum Gasteiger partial charge on any atom is -0.317 e. The maximum Gasteiger partial charge on any atom is 2.00 e. The summed E-state index contributed by atoms with van der Waals surface area (Å²) in [5.74, 6) is 0. The summed E-state index contributed by atoms with van der Waals surface area (Å²) in [6, 6.07) is 19.6. The van der Waals surface area contributed by atoms with Crippen molar-refractivity contribution in [1.29, 1.82) is 0 Å². The van der Waals surface area contributed by atoms with E-state index in [9.17, 15) is 4.79 Å². The first-order chi connectivity index (χ1) is 9.34. The molecule has 0 unspecified atom stereocenters. The van der Waals surface area contributed by atoms with Crippen molar-refractivity contribution in [2.75, 3.05) is 0 Å². The molecule has 0 aliphatic heterocycles. The Morgan fingerprint density at radius 3 is 2.45 bits per heavy atom. The smallest absolute Gasteiger partial charge is 0.317 e. The van der Waals surface area contributed by atoms with Crippen LogP contribution in [0.15, 0.2) is 71.8 Å². The van der Waals surface area contributed by atoms with E-state index in [2.05, 4.69) is 11.1 Å². The van der Waals surface area contributed by atoms with Gasteiger partial charge in [0.25, 0.3) is 0 Å². The van der Waals surface area contributed by atoms with E-state index in [1.165, 1.54) is 0 Å². The third kappa shape index (κ3) is 2.94. The summed E-state index contributed by atoms with van der Waals surface area (Å²) >= 11 is 0. The number of rotatable bonds is 2. The number of hydrogen-bond donors (Lipinski definition) is 0. The molecule has 0 amide bonds. The Hall–Kier alpha value is -1.99. The number of aromatic nitrogens is 2. The molecule has 0 fully saturated rings. The molecule has 0 radical (unpaired) electrons. The fourth-order valence-corrected chi connectivity index (χ4v) is 1.90. The maximum atomic E-state index is 11.9. The zero-order chi connectivity index (χ0) is 13.1. The summed E-state index contributed by atoms with van der Waals surface area (Å²) in [6.45, 7) is 0. The van der Waals surface area contributed by atoms with E-state index in [4.69, 9.17) is 0 Å². The van der Waals surface area contributed by atoms with Crippen LogP contribution in [0.4, 0.5) is 0 Å². The average Bonchev–Trinajstić information content (AvgIpc) is 2.49. The topological polar surface area (TPSA) is 34.9 Å². The van der Waals surface area contributed by atoms with Crippen LogP contribution in [0.25, 0.3) is 16.9 Å². The molecule has 0 bridgehead atoms. The van der Waals surface area contributed by atoms with Gasteiger partial charge >= 0.3 is 21.1 Å². The Bertz CT molecular complexity index is 739. The van der Waals surface area contributed by atoms with Gasteiger partial charge in [0.15, 0.2) is 5.56 Å². The quantitative estimate of drug-likeness (QED) is 0.586. The van der Waals surface area contributed by atoms with Crippen LogP contribution in [-0.4, -0.2) is 9.55 Å². The maximum absolute atomic E-state index is 11.9. The number of pyridine rings is 2. The van der Waals surface area contributed by atoms with Crippen LogP contribution in [0.3, 0.4) is 0 Å². The Labute approximate surface area is 131 Å². The Balaban J connectivity index is 0.00000147. The summed E-state index contributed by atoms with van der Waals surface area (Å²) in [4.78, 5) is 16.2. The van der Waals surface area contributed by atoms with Crippen LogP contribution >= 0.6 is 0 Å². The van der Waals surface area contributed by atoms with Crippen molar-refractivity contribution in [3.8, 4) is 16.9 Å². The zero-order valence-electron chi connectivity index (χ0n) is 10.6. The summed E-state index contributed by atoms with van der Waals surface area (Å²) in [6.07, 6.45) is 3.52. The second-order valence-corrected chi connectivity index (χ2v) is 4.10. The molecule has 0 N–H and O–H groups in total. The van der Waals surface area contributed by atoms with E-state index in [1.807, 2.05) is 48.5 Å². The normalized spacial score (nSPS) is 9.80. The van der Waals surface area contributed by atoms with Crippen molar-refractivity contribution in [2.24, 2.45) is 0 Å². The van der Waals surface area contributed by atoms with Crippen LogP contribution in [-0.2, 0) is 21.1 Å². The Morgan fingerprint density at radius 2 is 1.75 bits per heavy atom. The molecule has 0 spiro atoms. The fraction of sp³-hybridized carbons (Fsp3) is 0. The molecule has 96 valence electrons. The van der Waals surface area contributed by atoms with Gasteiger partial charge in [-0.3, -0.25) is 9.78 Å². The van der Waals surface area contributed by atoms with Gasteiger partial charge in [0, 0.05) is 11.9 Å². The van der Waals surface area contributed by atoms with E-state index in [1.54, 1.807) is 23.0 Å². The second kappa shape index (κ2) is 6.44. The summed E-state index contributed by atoms with van der Waals surface area (Å²) in [5, 5.41) is 0. The Morgan fingerprint density at radius 1 is 1.00 bits per heavy atom. The minimum absolute atomic E-state index is 0. The molecule has 2 heterocycles. The first-order valence-electron chi connectivity index (χ1n) is 5.96. The van der Waals surface area contributed by atoms with Gasteiger partial charge in [0.2, 0.25) is 0 Å². The van der Waals surface area contributed by atoms with Crippen molar-refractivity contribution in [3.05, 3.63) is 83.4 Å². The second-order valence-electron chi connectivity index (χ2n) is 4.10. The number of hydrogen-bond acceptors (Lipinski definition) is 2. The van der Waals surface area contributed by atoms with Crippen LogP contribution in [0.2, 0.25) is 0 Å². The largest absolute Gasteiger partial charge is 2.00 e. The molecule has 0 saturated carbocycles. The van der Waals surface area contributed by atoms with Gasteiger partial charge < -0.3 is 4.57 Å². The molecule has 0 aliphatic carbocycles. The number of nitrogens with zero attached hydrogens (tertiary/aromatic N) is 2. The SMILES string of the molecule is O=c1[c-]cc(-c2ccccn2)cn1-c1ccccc1.[W+2]. The van der Waals surface area contributed by atoms with Crippen LogP contribution < -0.4 is 5.56 Å². The molecule has 0 saturated heterocycles. The molecular weight excluding hydrogens is 420 g/mol. The van der Waals surface area contributed by atoms with Gasteiger partial charge in [-0.2, -0.15) is 6.07 Å². The first-order valence-corrected chi connectivity index (χ1v) is 5.96. The van der Waals surface area contributed by atoms with Crippen molar-refractivity contribution >= 4 is 0 Å². The fourth-order valence-electron chi connectivity index (χ4n) is 1.90. The third-order valence-corrected chi connectivity index (χ3v) is 2.83. The average molecular weight is 431 g/mol. The van der Waals surface area contributed by atoms with E-state index in [0.717, 1.165) is 16.9 Å². The van der Waals surface area contributed by atoms with E-state index in [-0.39, 0.29) is 26.6 Å². The van der Waals surface area contributed by atoms with Gasteiger partial charge in [-0.25, -0.2) is 6.07 Å². The van der Waals surface area contributed by atoms with Crippen LogP contribution in [0.5, 0.6) is 0 Å². The van der Waals surface area contributed by atoms with Crippen LogP contribution in [0, 0.1) is 6.07 Å². The predicted octanol–water partition coefficient (Wildman–Crippen LogP) is 2.70. The van der Waals surface area contributed by atoms with Crippen molar-refractivity contribution in [2.45, 2.75) is 0 Å². The summed E-state index contributed by atoms with van der Waals surface area (Å²) < 4.78 is 1.57. The molecule has 20 heavy (non-hydrogen) atoms. The minimum atomic E-state index is -0.175. The first kappa shape index (κ1) is 14.4. The standard InChI is InChI=1S/C16H11N2O.W/c19-16-10-9-13(15-8-4-5-11-17-15)12-18(16)14-6-2-1-3-7-14;/h1-9,11-12H;/q-1;+2. The molecule has 0 aliphatic rings. The van der Waals surface area contributed by atoms with Gasteiger partial charge in [-0.05, 0) is 23.9 Å². The number of para-hydroxylation sites is 1. The Kier molecular flexibility index (Phi) is 4.65. The predicted molar refractivity (Wildman–Crippen MR) is 74.1 cm³/mol. The zero-order valence-corrected chi connectivity index (χ0v) is 13.5. The number of benzene rings is 1. The molecule has 0 atom stereocenters. The summed E-state index contributed by atoms with van der Waals surface area (Å²) in [5.41, 5.74) is 2.33. The van der Waals surface area contributed by atoms with Gasteiger partial charge in [-0.15, -0.1) is 5.56 Å².